The molecule has 1 fully saturated rings. The Morgan fingerprint density at radius 2 is 2.22 bits per heavy atom. The summed E-state index contributed by atoms with van der Waals surface area (Å²) in [6.45, 7) is 3.18. The van der Waals surface area contributed by atoms with Gasteiger partial charge in [0.2, 0.25) is 5.95 Å². The molecule has 96 valence electrons. The standard InChI is InChI=1S/C13H18N4O/c1-10-8-11(9-14)17-13(16-10)15-6-7-18-12-4-2-3-5-12/h8,12H,2-7H2,1H3,(H,15,16,17). The summed E-state index contributed by atoms with van der Waals surface area (Å²) in [4.78, 5) is 8.30. The second kappa shape index (κ2) is 6.31. The van der Waals surface area contributed by atoms with Crippen LogP contribution in [-0.4, -0.2) is 29.2 Å². The van der Waals surface area contributed by atoms with E-state index in [0.717, 1.165) is 5.69 Å². The maximum absolute atomic E-state index is 8.81. The minimum Gasteiger partial charge on any atom is -0.376 e. The molecule has 0 bridgehead atoms. The van der Waals surface area contributed by atoms with Gasteiger partial charge in [-0.2, -0.15) is 5.26 Å². The molecule has 0 aliphatic heterocycles. The maximum atomic E-state index is 8.81. The van der Waals surface area contributed by atoms with Crippen molar-refractivity contribution in [1.29, 1.82) is 5.26 Å². The molecule has 0 spiro atoms. The number of nitriles is 1. The van der Waals surface area contributed by atoms with Gasteiger partial charge in [0.25, 0.3) is 0 Å². The predicted octanol–water partition coefficient (Wildman–Crippen LogP) is 2.03. The monoisotopic (exact) mass is 246 g/mol. The first-order valence-electron chi connectivity index (χ1n) is 6.39. The number of aromatic nitrogens is 2. The lowest BCUT2D eigenvalue weighted by molar-refractivity contribution is 0.0658. The van der Waals surface area contributed by atoms with Gasteiger partial charge in [-0.05, 0) is 25.8 Å². The lowest BCUT2D eigenvalue weighted by Gasteiger charge is -2.11. The van der Waals surface area contributed by atoms with Crippen molar-refractivity contribution in [2.75, 3.05) is 18.5 Å². The Balaban J connectivity index is 1.75. The van der Waals surface area contributed by atoms with Gasteiger partial charge in [0.15, 0.2) is 0 Å². The maximum Gasteiger partial charge on any atom is 0.224 e. The van der Waals surface area contributed by atoms with E-state index >= 15 is 0 Å². The van der Waals surface area contributed by atoms with Crippen LogP contribution in [-0.2, 0) is 4.74 Å². The Kier molecular flexibility index (Phi) is 4.48. The molecule has 0 atom stereocenters. The van der Waals surface area contributed by atoms with E-state index in [9.17, 15) is 0 Å². The summed E-state index contributed by atoms with van der Waals surface area (Å²) in [7, 11) is 0. The first-order chi connectivity index (χ1) is 8.78. The summed E-state index contributed by atoms with van der Waals surface area (Å²) in [6, 6.07) is 3.69. The van der Waals surface area contributed by atoms with Gasteiger partial charge in [0.05, 0.1) is 12.7 Å². The topological polar surface area (TPSA) is 70.8 Å². The van der Waals surface area contributed by atoms with E-state index < -0.39 is 0 Å². The molecule has 1 N–H and O–H groups in total. The van der Waals surface area contributed by atoms with E-state index in [4.69, 9.17) is 10.00 Å². The van der Waals surface area contributed by atoms with Gasteiger partial charge in [-0.3, -0.25) is 0 Å². The van der Waals surface area contributed by atoms with Crippen molar-refractivity contribution < 1.29 is 4.74 Å². The van der Waals surface area contributed by atoms with Crippen LogP contribution in [0.2, 0.25) is 0 Å². The van der Waals surface area contributed by atoms with Crippen molar-refractivity contribution in [3.8, 4) is 6.07 Å². The van der Waals surface area contributed by atoms with Crippen molar-refractivity contribution >= 4 is 5.95 Å². The van der Waals surface area contributed by atoms with E-state index in [0.29, 0.717) is 30.9 Å². The third-order valence-electron chi connectivity index (χ3n) is 3.01. The molecule has 18 heavy (non-hydrogen) atoms. The number of ether oxygens (including phenoxy) is 1. The fourth-order valence-corrected chi connectivity index (χ4v) is 2.15. The number of anilines is 1. The Morgan fingerprint density at radius 1 is 1.44 bits per heavy atom. The van der Waals surface area contributed by atoms with E-state index in [1.54, 1.807) is 6.07 Å². The first-order valence-corrected chi connectivity index (χ1v) is 6.39. The van der Waals surface area contributed by atoms with E-state index in [-0.39, 0.29) is 0 Å². The van der Waals surface area contributed by atoms with Crippen LogP contribution in [0.15, 0.2) is 6.07 Å². The highest BCUT2D eigenvalue weighted by Gasteiger charge is 2.14. The Morgan fingerprint density at radius 3 is 2.94 bits per heavy atom. The van der Waals surface area contributed by atoms with Crippen LogP contribution in [0.5, 0.6) is 0 Å². The molecule has 0 unspecified atom stereocenters. The molecule has 5 nitrogen and oxygen atoms in total. The molecule has 0 saturated heterocycles. The zero-order chi connectivity index (χ0) is 12.8. The van der Waals surface area contributed by atoms with Gasteiger partial charge < -0.3 is 10.1 Å². The van der Waals surface area contributed by atoms with Gasteiger partial charge >= 0.3 is 0 Å². The van der Waals surface area contributed by atoms with E-state index in [2.05, 4.69) is 15.3 Å². The minimum atomic E-state index is 0.390. The fourth-order valence-electron chi connectivity index (χ4n) is 2.15. The van der Waals surface area contributed by atoms with Gasteiger partial charge in [-0.25, -0.2) is 9.97 Å². The fraction of sp³-hybridized carbons (Fsp3) is 0.615. The Hall–Kier alpha value is -1.67. The van der Waals surface area contributed by atoms with Crippen LogP contribution in [0, 0.1) is 18.3 Å². The van der Waals surface area contributed by atoms with Crippen LogP contribution in [0.3, 0.4) is 0 Å². The van der Waals surface area contributed by atoms with Crippen molar-refractivity contribution in [2.24, 2.45) is 0 Å². The molecule has 1 saturated carbocycles. The average molecular weight is 246 g/mol. The minimum absolute atomic E-state index is 0.390. The van der Waals surface area contributed by atoms with E-state index in [1.807, 2.05) is 13.0 Å². The van der Waals surface area contributed by atoms with Crippen LogP contribution >= 0.6 is 0 Å². The Bertz CT molecular complexity index is 435. The predicted molar refractivity (Wildman–Crippen MR) is 68.2 cm³/mol. The molecule has 5 heteroatoms. The Labute approximate surface area is 107 Å². The second-order valence-corrected chi connectivity index (χ2v) is 4.53. The summed E-state index contributed by atoms with van der Waals surface area (Å²) >= 11 is 0. The van der Waals surface area contributed by atoms with Crippen LogP contribution in [0.4, 0.5) is 5.95 Å². The molecular formula is C13H18N4O. The zero-order valence-corrected chi connectivity index (χ0v) is 10.6. The molecule has 2 rings (SSSR count). The summed E-state index contributed by atoms with van der Waals surface area (Å²) in [6.07, 6.45) is 5.36. The van der Waals surface area contributed by atoms with Crippen molar-refractivity contribution in [3.05, 3.63) is 17.5 Å². The lowest BCUT2D eigenvalue weighted by Crippen LogP contribution is -2.16. The molecule has 1 aromatic rings. The molecular weight excluding hydrogens is 228 g/mol. The van der Waals surface area contributed by atoms with Gasteiger partial charge in [-0.1, -0.05) is 12.8 Å². The van der Waals surface area contributed by atoms with Gasteiger partial charge in [0.1, 0.15) is 11.8 Å². The van der Waals surface area contributed by atoms with Crippen LogP contribution < -0.4 is 5.32 Å². The van der Waals surface area contributed by atoms with Crippen LogP contribution in [0.1, 0.15) is 37.1 Å². The molecule has 1 aliphatic carbocycles. The normalized spacial score (nSPS) is 15.6. The average Bonchev–Trinajstić information content (AvgIpc) is 2.87. The molecule has 0 aromatic carbocycles. The number of nitrogens with zero attached hydrogens (tertiary/aromatic N) is 3. The number of hydrogen-bond donors (Lipinski definition) is 1. The van der Waals surface area contributed by atoms with E-state index in [1.165, 1.54) is 25.7 Å². The molecule has 1 heterocycles. The number of rotatable bonds is 5. The van der Waals surface area contributed by atoms with Crippen LogP contribution in [0.25, 0.3) is 0 Å². The quantitative estimate of drug-likeness (QED) is 0.805. The molecule has 1 aromatic heterocycles. The summed E-state index contributed by atoms with van der Waals surface area (Å²) in [5, 5.41) is 11.9. The van der Waals surface area contributed by atoms with Gasteiger partial charge in [0, 0.05) is 12.2 Å². The third kappa shape index (κ3) is 3.67. The summed E-state index contributed by atoms with van der Waals surface area (Å²) in [5.74, 6) is 0.501. The first kappa shape index (κ1) is 12.8. The highest BCUT2D eigenvalue weighted by molar-refractivity contribution is 5.32. The molecule has 0 radical (unpaired) electrons. The summed E-state index contributed by atoms with van der Waals surface area (Å²) in [5.41, 5.74) is 1.18. The number of nitrogens with one attached hydrogen (secondary N) is 1. The van der Waals surface area contributed by atoms with Crippen molar-refractivity contribution in [2.45, 2.75) is 38.7 Å². The largest absolute Gasteiger partial charge is 0.376 e. The summed E-state index contributed by atoms with van der Waals surface area (Å²) < 4.78 is 5.73. The smallest absolute Gasteiger partial charge is 0.224 e. The third-order valence-corrected chi connectivity index (χ3v) is 3.01. The number of aryl methyl sites for hydroxylation is 1. The second-order valence-electron chi connectivity index (χ2n) is 4.53. The molecule has 0 amide bonds. The highest BCUT2D eigenvalue weighted by atomic mass is 16.5. The molecule has 1 aliphatic rings. The van der Waals surface area contributed by atoms with Crippen molar-refractivity contribution in [3.63, 3.8) is 0 Å². The van der Waals surface area contributed by atoms with Crippen molar-refractivity contribution in [1.82, 2.24) is 9.97 Å². The highest BCUT2D eigenvalue weighted by Crippen LogP contribution is 2.20. The number of hydrogen-bond acceptors (Lipinski definition) is 5. The lowest BCUT2D eigenvalue weighted by atomic mass is 10.3. The zero-order valence-electron chi connectivity index (χ0n) is 10.6. The SMILES string of the molecule is Cc1cc(C#N)nc(NCCOC2CCCC2)n1. The van der Waals surface area contributed by atoms with Gasteiger partial charge in [-0.15, -0.1) is 0 Å².